The smallest absolute Gasteiger partial charge is 0.305 e. The highest BCUT2D eigenvalue weighted by Crippen LogP contribution is 2.13. The molecule has 0 saturated heterocycles. The summed E-state index contributed by atoms with van der Waals surface area (Å²) in [5.74, 6) is -1.18. The number of ether oxygens (including phenoxy) is 1. The van der Waals surface area contributed by atoms with Crippen molar-refractivity contribution in [3.8, 4) is 0 Å². The van der Waals surface area contributed by atoms with Crippen molar-refractivity contribution in [1.82, 2.24) is 0 Å². The van der Waals surface area contributed by atoms with Gasteiger partial charge in [0, 0.05) is 12.8 Å². The van der Waals surface area contributed by atoms with Gasteiger partial charge >= 0.3 is 5.97 Å². The monoisotopic (exact) mass is 378 g/mol. The molecular weight excluding hydrogens is 344 g/mol. The maximum absolute atomic E-state index is 11.8. The average Bonchev–Trinajstić information content (AvgIpc) is 2.63. The highest BCUT2D eigenvalue weighted by Gasteiger charge is 2.37. The second-order valence-corrected chi connectivity index (χ2v) is 6.55. The largest absolute Gasteiger partial charge is 0.463 e. The van der Waals surface area contributed by atoms with Gasteiger partial charge in [-0.1, -0.05) is 39.5 Å². The molecule has 0 saturated carbocycles. The molecule has 0 fully saturated rings. The lowest BCUT2D eigenvalue weighted by Crippen LogP contribution is -2.52. The summed E-state index contributed by atoms with van der Waals surface area (Å²) in [6, 6.07) is 0. The number of carbonyl (C=O) groups is 2. The normalized spacial score (nSPS) is 17.2. The van der Waals surface area contributed by atoms with E-state index < -0.39 is 48.9 Å². The predicted molar refractivity (Wildman–Crippen MR) is 94.3 cm³/mol. The van der Waals surface area contributed by atoms with E-state index in [1.165, 1.54) is 0 Å². The molecule has 0 spiro atoms. The van der Waals surface area contributed by atoms with Gasteiger partial charge in [0.1, 0.15) is 37.1 Å². The Labute approximate surface area is 154 Å². The third-order valence-corrected chi connectivity index (χ3v) is 4.17. The van der Waals surface area contributed by atoms with Crippen LogP contribution in [0.4, 0.5) is 0 Å². The van der Waals surface area contributed by atoms with E-state index in [4.69, 9.17) is 4.74 Å². The Bertz CT molecular complexity index is 401. The molecule has 0 aliphatic carbocycles. The number of rotatable bonds is 15. The summed E-state index contributed by atoms with van der Waals surface area (Å²) in [7, 11) is 0. The van der Waals surface area contributed by atoms with Crippen molar-refractivity contribution < 1.29 is 39.9 Å². The van der Waals surface area contributed by atoms with Gasteiger partial charge < -0.3 is 30.3 Å². The van der Waals surface area contributed by atoms with Gasteiger partial charge in [0.2, 0.25) is 0 Å². The molecule has 5 N–H and O–H groups in total. The van der Waals surface area contributed by atoms with Crippen molar-refractivity contribution in [2.75, 3.05) is 6.61 Å². The lowest BCUT2D eigenvalue weighted by Gasteiger charge is -2.28. The minimum atomic E-state index is -1.96. The molecule has 0 heterocycles. The van der Waals surface area contributed by atoms with Crippen LogP contribution in [0.25, 0.3) is 0 Å². The summed E-state index contributed by atoms with van der Waals surface area (Å²) in [4.78, 5) is 23.2. The highest BCUT2D eigenvalue weighted by atomic mass is 16.5. The predicted octanol–water partition coefficient (Wildman–Crippen LogP) is 0.0638. The van der Waals surface area contributed by atoms with Crippen molar-refractivity contribution in [2.45, 2.75) is 95.7 Å². The summed E-state index contributed by atoms with van der Waals surface area (Å²) in [6.45, 7) is 3.38. The minimum Gasteiger partial charge on any atom is -0.463 e. The van der Waals surface area contributed by atoms with E-state index >= 15 is 0 Å². The van der Waals surface area contributed by atoms with E-state index in [0.29, 0.717) is 12.8 Å². The zero-order chi connectivity index (χ0) is 20.1. The Morgan fingerprint density at radius 2 is 1.31 bits per heavy atom. The third-order valence-electron chi connectivity index (χ3n) is 4.17. The Hall–Kier alpha value is -1.06. The molecule has 0 aromatic rings. The SMILES string of the molecule is CCCCCC(=O)OC[C@H](O)[C@H](O)[C@@H](O)[C@@H](O)C(O)C(=O)CCCCC. The first-order chi connectivity index (χ1) is 12.3. The maximum Gasteiger partial charge on any atom is 0.305 e. The molecule has 0 aliphatic heterocycles. The van der Waals surface area contributed by atoms with Crippen LogP contribution >= 0.6 is 0 Å². The quantitative estimate of drug-likeness (QED) is 0.199. The first-order valence-corrected chi connectivity index (χ1v) is 9.34. The fourth-order valence-electron chi connectivity index (χ4n) is 2.37. The van der Waals surface area contributed by atoms with Crippen LogP contribution in [-0.4, -0.2) is 74.4 Å². The summed E-state index contributed by atoms with van der Waals surface area (Å²) >= 11 is 0. The van der Waals surface area contributed by atoms with Crippen molar-refractivity contribution >= 4 is 11.8 Å². The van der Waals surface area contributed by atoms with Gasteiger partial charge in [-0.3, -0.25) is 9.59 Å². The minimum absolute atomic E-state index is 0.0484. The molecular formula is C18H34O8. The maximum atomic E-state index is 11.8. The lowest BCUT2D eigenvalue weighted by atomic mass is 9.95. The van der Waals surface area contributed by atoms with Gasteiger partial charge in [-0.25, -0.2) is 0 Å². The molecule has 1 unspecified atom stereocenters. The number of aliphatic hydroxyl groups excluding tert-OH is 5. The second-order valence-electron chi connectivity index (χ2n) is 6.55. The number of aliphatic hydroxyl groups is 5. The number of carbonyl (C=O) groups excluding carboxylic acids is 2. The van der Waals surface area contributed by atoms with Crippen molar-refractivity contribution in [3.05, 3.63) is 0 Å². The van der Waals surface area contributed by atoms with E-state index in [2.05, 4.69) is 0 Å². The lowest BCUT2D eigenvalue weighted by molar-refractivity contribution is -0.163. The van der Waals surface area contributed by atoms with Crippen LogP contribution in [0, 0.1) is 0 Å². The van der Waals surface area contributed by atoms with Crippen molar-refractivity contribution in [3.63, 3.8) is 0 Å². The number of hydrogen-bond donors (Lipinski definition) is 5. The number of ketones is 1. The molecule has 26 heavy (non-hydrogen) atoms. The first-order valence-electron chi connectivity index (χ1n) is 9.34. The summed E-state index contributed by atoms with van der Waals surface area (Å²) in [5, 5.41) is 49.2. The van der Waals surface area contributed by atoms with Gasteiger partial charge in [0.25, 0.3) is 0 Å². The molecule has 154 valence electrons. The van der Waals surface area contributed by atoms with Crippen LogP contribution in [0.2, 0.25) is 0 Å². The van der Waals surface area contributed by atoms with Crippen LogP contribution in [-0.2, 0) is 14.3 Å². The molecule has 0 aliphatic rings. The standard InChI is InChI=1S/C18H34O8/c1-3-5-7-9-12(19)15(22)17(24)18(25)16(23)13(20)11-26-14(21)10-8-6-4-2/h13,15-18,20,22-25H,3-11H2,1-2H3/t13-,15?,16-,17-,18+/m0/s1. The topological polar surface area (TPSA) is 145 Å². The molecule has 8 nitrogen and oxygen atoms in total. The Balaban J connectivity index is 4.37. The van der Waals surface area contributed by atoms with Crippen LogP contribution in [0.5, 0.6) is 0 Å². The molecule has 0 radical (unpaired) electrons. The summed E-state index contributed by atoms with van der Waals surface area (Å²) in [5.41, 5.74) is 0. The molecule has 0 amide bonds. The van der Waals surface area contributed by atoms with Crippen molar-refractivity contribution in [1.29, 1.82) is 0 Å². The van der Waals surface area contributed by atoms with Crippen molar-refractivity contribution in [2.24, 2.45) is 0 Å². The van der Waals surface area contributed by atoms with Crippen LogP contribution in [0.1, 0.15) is 65.2 Å². The molecule has 0 aromatic carbocycles. The first kappa shape index (κ1) is 24.9. The van der Waals surface area contributed by atoms with Gasteiger partial charge in [0.05, 0.1) is 0 Å². The summed E-state index contributed by atoms with van der Waals surface area (Å²) < 4.78 is 4.80. The number of Topliss-reactive ketones (excluding diaryl/α,β-unsaturated/α-hetero) is 1. The molecule has 8 heteroatoms. The van der Waals surface area contributed by atoms with Crippen LogP contribution in [0.15, 0.2) is 0 Å². The van der Waals surface area contributed by atoms with Crippen LogP contribution in [0.3, 0.4) is 0 Å². The molecule has 0 bridgehead atoms. The zero-order valence-electron chi connectivity index (χ0n) is 15.7. The molecule has 5 atom stereocenters. The van der Waals surface area contributed by atoms with Gasteiger partial charge in [-0.15, -0.1) is 0 Å². The fourth-order valence-corrected chi connectivity index (χ4v) is 2.37. The number of esters is 1. The number of hydrogen-bond acceptors (Lipinski definition) is 8. The Morgan fingerprint density at radius 1 is 0.769 bits per heavy atom. The Kier molecular flexibility index (Phi) is 13.5. The fraction of sp³-hybridized carbons (Fsp3) is 0.889. The van der Waals surface area contributed by atoms with E-state index in [0.717, 1.165) is 25.7 Å². The second kappa shape index (κ2) is 14.1. The van der Waals surface area contributed by atoms with Gasteiger partial charge in [-0.2, -0.15) is 0 Å². The average molecular weight is 378 g/mol. The van der Waals surface area contributed by atoms with Gasteiger partial charge in [-0.05, 0) is 12.8 Å². The Morgan fingerprint density at radius 3 is 1.85 bits per heavy atom. The van der Waals surface area contributed by atoms with Gasteiger partial charge in [0.15, 0.2) is 5.78 Å². The third kappa shape index (κ3) is 9.59. The van der Waals surface area contributed by atoms with Crippen LogP contribution < -0.4 is 0 Å². The highest BCUT2D eigenvalue weighted by molar-refractivity contribution is 5.83. The molecule has 0 rings (SSSR count). The molecule has 0 aromatic heterocycles. The zero-order valence-corrected chi connectivity index (χ0v) is 15.7. The summed E-state index contributed by atoms with van der Waals surface area (Å²) in [6.07, 6.45) is -4.38. The van der Waals surface area contributed by atoms with E-state index in [1.807, 2.05) is 13.8 Å². The van der Waals surface area contributed by atoms with E-state index in [9.17, 15) is 35.1 Å². The number of unbranched alkanes of at least 4 members (excludes halogenated alkanes) is 4. The van der Waals surface area contributed by atoms with E-state index in [1.54, 1.807) is 0 Å². The van der Waals surface area contributed by atoms with E-state index in [-0.39, 0.29) is 12.8 Å².